The standard InChI is InChI=1S/C19H28N2O2/c1-21(2)19(23)17-11-8-16(9-12-17)14-20-18(22)13-10-15-6-4-3-5-7-15/h8-9,11-12,15H,3-7,10,13-14H2,1-2H3,(H,20,22). The molecule has 2 rings (SSSR count). The van der Waals surface area contributed by atoms with Crippen molar-refractivity contribution in [2.45, 2.75) is 51.5 Å². The highest BCUT2D eigenvalue weighted by molar-refractivity contribution is 5.93. The summed E-state index contributed by atoms with van der Waals surface area (Å²) in [5, 5.41) is 2.98. The van der Waals surface area contributed by atoms with Crippen LogP contribution in [0.15, 0.2) is 24.3 Å². The largest absolute Gasteiger partial charge is 0.352 e. The third kappa shape index (κ3) is 5.70. The van der Waals surface area contributed by atoms with Gasteiger partial charge in [0, 0.05) is 32.6 Å². The summed E-state index contributed by atoms with van der Waals surface area (Å²) in [6.07, 6.45) is 8.22. The number of nitrogens with one attached hydrogen (secondary N) is 1. The van der Waals surface area contributed by atoms with Crippen LogP contribution < -0.4 is 5.32 Å². The van der Waals surface area contributed by atoms with Crippen LogP contribution >= 0.6 is 0 Å². The van der Waals surface area contributed by atoms with Crippen molar-refractivity contribution < 1.29 is 9.59 Å². The van der Waals surface area contributed by atoms with Crippen molar-refractivity contribution in [1.82, 2.24) is 10.2 Å². The maximum atomic E-state index is 12.0. The Morgan fingerprint density at radius 1 is 1.09 bits per heavy atom. The lowest BCUT2D eigenvalue weighted by Crippen LogP contribution is -2.24. The number of rotatable bonds is 6. The Labute approximate surface area is 139 Å². The molecule has 1 aliphatic carbocycles. The Hall–Kier alpha value is -1.84. The third-order valence-electron chi connectivity index (χ3n) is 4.60. The van der Waals surface area contributed by atoms with Crippen molar-refractivity contribution in [1.29, 1.82) is 0 Å². The first kappa shape index (κ1) is 17.5. The van der Waals surface area contributed by atoms with E-state index < -0.39 is 0 Å². The van der Waals surface area contributed by atoms with Gasteiger partial charge in [-0.2, -0.15) is 0 Å². The van der Waals surface area contributed by atoms with Gasteiger partial charge in [-0.25, -0.2) is 0 Å². The van der Waals surface area contributed by atoms with E-state index in [0.717, 1.165) is 17.9 Å². The maximum Gasteiger partial charge on any atom is 0.253 e. The number of carbonyl (C=O) groups is 2. The molecule has 0 bridgehead atoms. The highest BCUT2D eigenvalue weighted by Crippen LogP contribution is 2.27. The second-order valence-electron chi connectivity index (χ2n) is 6.72. The van der Waals surface area contributed by atoms with Gasteiger partial charge in [-0.1, -0.05) is 44.2 Å². The molecule has 1 aromatic rings. The van der Waals surface area contributed by atoms with E-state index in [9.17, 15) is 9.59 Å². The number of hydrogen-bond acceptors (Lipinski definition) is 2. The summed E-state index contributed by atoms with van der Waals surface area (Å²) in [4.78, 5) is 25.3. The fourth-order valence-electron chi connectivity index (χ4n) is 3.12. The van der Waals surface area contributed by atoms with Crippen LogP contribution in [-0.2, 0) is 11.3 Å². The number of benzene rings is 1. The van der Waals surface area contributed by atoms with E-state index >= 15 is 0 Å². The molecule has 1 saturated carbocycles. The molecule has 4 heteroatoms. The molecule has 1 fully saturated rings. The molecule has 0 spiro atoms. The average Bonchev–Trinajstić information content (AvgIpc) is 2.58. The molecule has 0 aliphatic heterocycles. The van der Waals surface area contributed by atoms with E-state index in [1.807, 2.05) is 24.3 Å². The van der Waals surface area contributed by atoms with E-state index in [1.54, 1.807) is 19.0 Å². The van der Waals surface area contributed by atoms with Gasteiger partial charge >= 0.3 is 0 Å². The quantitative estimate of drug-likeness (QED) is 0.875. The van der Waals surface area contributed by atoms with E-state index in [2.05, 4.69) is 5.32 Å². The molecule has 0 saturated heterocycles. The van der Waals surface area contributed by atoms with Crippen LogP contribution in [-0.4, -0.2) is 30.8 Å². The van der Waals surface area contributed by atoms with Gasteiger partial charge in [-0.05, 0) is 30.0 Å². The Balaban J connectivity index is 1.72. The summed E-state index contributed by atoms with van der Waals surface area (Å²) in [5.41, 5.74) is 1.69. The lowest BCUT2D eigenvalue weighted by molar-refractivity contribution is -0.121. The molecule has 4 nitrogen and oxygen atoms in total. The van der Waals surface area contributed by atoms with Crippen molar-refractivity contribution in [3.63, 3.8) is 0 Å². The molecule has 0 radical (unpaired) electrons. The Morgan fingerprint density at radius 3 is 2.35 bits per heavy atom. The molecule has 23 heavy (non-hydrogen) atoms. The number of carbonyl (C=O) groups excluding carboxylic acids is 2. The minimum Gasteiger partial charge on any atom is -0.352 e. The summed E-state index contributed by atoms with van der Waals surface area (Å²) in [6.45, 7) is 0.528. The van der Waals surface area contributed by atoms with Gasteiger partial charge in [0.1, 0.15) is 0 Å². The van der Waals surface area contributed by atoms with E-state index in [4.69, 9.17) is 0 Å². The monoisotopic (exact) mass is 316 g/mol. The first-order chi connectivity index (χ1) is 11.1. The van der Waals surface area contributed by atoms with Crippen LogP contribution in [0.4, 0.5) is 0 Å². The molecule has 126 valence electrons. The summed E-state index contributed by atoms with van der Waals surface area (Å²) in [6, 6.07) is 7.42. The lowest BCUT2D eigenvalue weighted by atomic mass is 9.86. The van der Waals surface area contributed by atoms with Crippen molar-refractivity contribution >= 4 is 11.8 Å². The Bertz CT molecular complexity index is 517. The molecule has 2 amide bonds. The van der Waals surface area contributed by atoms with Gasteiger partial charge in [-0.15, -0.1) is 0 Å². The topological polar surface area (TPSA) is 49.4 Å². The maximum absolute atomic E-state index is 12.0. The summed E-state index contributed by atoms with van der Waals surface area (Å²) < 4.78 is 0. The van der Waals surface area contributed by atoms with Crippen LogP contribution in [0.2, 0.25) is 0 Å². The second kappa shape index (κ2) is 8.70. The van der Waals surface area contributed by atoms with Gasteiger partial charge in [-0.3, -0.25) is 9.59 Å². The molecule has 1 aliphatic rings. The molecule has 0 atom stereocenters. The first-order valence-electron chi connectivity index (χ1n) is 8.63. The number of amides is 2. The van der Waals surface area contributed by atoms with Gasteiger partial charge in [0.25, 0.3) is 5.91 Å². The van der Waals surface area contributed by atoms with E-state index in [0.29, 0.717) is 18.5 Å². The van der Waals surface area contributed by atoms with Crippen LogP contribution in [0.5, 0.6) is 0 Å². The zero-order valence-corrected chi connectivity index (χ0v) is 14.3. The third-order valence-corrected chi connectivity index (χ3v) is 4.60. The lowest BCUT2D eigenvalue weighted by Gasteiger charge is -2.21. The Morgan fingerprint density at radius 2 is 1.74 bits per heavy atom. The van der Waals surface area contributed by atoms with Gasteiger partial charge in [0.05, 0.1) is 0 Å². The number of nitrogens with zero attached hydrogens (tertiary/aromatic N) is 1. The highest BCUT2D eigenvalue weighted by Gasteiger charge is 2.14. The zero-order chi connectivity index (χ0) is 16.7. The molecule has 0 heterocycles. The van der Waals surface area contributed by atoms with Crippen LogP contribution in [0, 0.1) is 5.92 Å². The van der Waals surface area contributed by atoms with Crippen molar-refractivity contribution in [3.05, 3.63) is 35.4 Å². The smallest absolute Gasteiger partial charge is 0.253 e. The molecule has 0 aromatic heterocycles. The predicted octanol–water partition coefficient (Wildman–Crippen LogP) is 3.37. The van der Waals surface area contributed by atoms with Crippen molar-refractivity contribution in [2.24, 2.45) is 5.92 Å². The van der Waals surface area contributed by atoms with Crippen LogP contribution in [0.25, 0.3) is 0 Å². The molecular weight excluding hydrogens is 288 g/mol. The van der Waals surface area contributed by atoms with E-state index in [-0.39, 0.29) is 11.8 Å². The van der Waals surface area contributed by atoms with Gasteiger partial charge in [0.2, 0.25) is 5.91 Å². The molecule has 1 aromatic carbocycles. The minimum absolute atomic E-state index is 0.00642. The molecule has 0 unspecified atom stereocenters. The van der Waals surface area contributed by atoms with Crippen LogP contribution in [0.3, 0.4) is 0 Å². The molecule has 1 N–H and O–H groups in total. The fraction of sp³-hybridized carbons (Fsp3) is 0.579. The second-order valence-corrected chi connectivity index (χ2v) is 6.72. The average molecular weight is 316 g/mol. The summed E-state index contributed by atoms with van der Waals surface area (Å²) >= 11 is 0. The van der Waals surface area contributed by atoms with Crippen molar-refractivity contribution in [3.8, 4) is 0 Å². The highest BCUT2D eigenvalue weighted by atomic mass is 16.2. The van der Waals surface area contributed by atoms with Gasteiger partial charge in [0.15, 0.2) is 0 Å². The zero-order valence-electron chi connectivity index (χ0n) is 14.3. The predicted molar refractivity (Wildman–Crippen MR) is 92.1 cm³/mol. The van der Waals surface area contributed by atoms with E-state index in [1.165, 1.54) is 32.1 Å². The number of hydrogen-bond donors (Lipinski definition) is 1. The normalized spacial score (nSPS) is 15.2. The van der Waals surface area contributed by atoms with Crippen molar-refractivity contribution in [2.75, 3.05) is 14.1 Å². The SMILES string of the molecule is CN(C)C(=O)c1ccc(CNC(=O)CCC2CCCCC2)cc1. The summed E-state index contributed by atoms with van der Waals surface area (Å²) in [7, 11) is 3.48. The van der Waals surface area contributed by atoms with Gasteiger partial charge < -0.3 is 10.2 Å². The van der Waals surface area contributed by atoms with Crippen LogP contribution in [0.1, 0.15) is 60.9 Å². The fourth-order valence-corrected chi connectivity index (χ4v) is 3.12. The first-order valence-corrected chi connectivity index (χ1v) is 8.63. The molecular formula is C19H28N2O2. The minimum atomic E-state index is -0.00642. The summed E-state index contributed by atoms with van der Waals surface area (Å²) in [5.74, 6) is 0.864. The Kier molecular flexibility index (Phi) is 6.63.